The third-order valence-corrected chi connectivity index (χ3v) is 3.89. The summed E-state index contributed by atoms with van der Waals surface area (Å²) in [6.45, 7) is 7.98. The summed E-state index contributed by atoms with van der Waals surface area (Å²) in [5.74, 6) is -0.0594. The molecule has 0 atom stereocenters. The van der Waals surface area contributed by atoms with Crippen LogP contribution in [0.15, 0.2) is 18.2 Å². The largest absolute Gasteiger partial charge is 0.494 e. The SMILES string of the molecule is CC1(C)OB(c2ccc(N)c(C(=N)N)c2)OC1(C)C. The fourth-order valence-electron chi connectivity index (χ4n) is 1.93. The summed E-state index contributed by atoms with van der Waals surface area (Å²) in [5.41, 5.74) is 12.3. The van der Waals surface area contributed by atoms with E-state index in [4.69, 9.17) is 26.2 Å². The maximum absolute atomic E-state index is 7.52. The highest BCUT2D eigenvalue weighted by Crippen LogP contribution is 2.36. The summed E-state index contributed by atoms with van der Waals surface area (Å²) in [5, 5.41) is 7.52. The van der Waals surface area contributed by atoms with Crippen LogP contribution in [0, 0.1) is 5.41 Å². The molecule has 6 heteroatoms. The minimum absolute atomic E-state index is 0.0594. The highest BCUT2D eigenvalue weighted by molar-refractivity contribution is 6.62. The predicted molar refractivity (Wildman–Crippen MR) is 77.6 cm³/mol. The van der Waals surface area contributed by atoms with Crippen LogP contribution < -0.4 is 16.9 Å². The van der Waals surface area contributed by atoms with Gasteiger partial charge >= 0.3 is 7.12 Å². The normalized spacial score (nSPS) is 20.5. The summed E-state index contributed by atoms with van der Waals surface area (Å²) in [7, 11) is -0.469. The van der Waals surface area contributed by atoms with Crippen LogP contribution in [0.5, 0.6) is 0 Å². The molecule has 1 aliphatic heterocycles. The number of hydrogen-bond donors (Lipinski definition) is 3. The zero-order valence-corrected chi connectivity index (χ0v) is 11.8. The van der Waals surface area contributed by atoms with Gasteiger partial charge in [0.05, 0.1) is 11.2 Å². The number of rotatable bonds is 2. The van der Waals surface area contributed by atoms with Gasteiger partial charge in [-0.15, -0.1) is 0 Å². The van der Waals surface area contributed by atoms with E-state index in [1.54, 1.807) is 12.1 Å². The van der Waals surface area contributed by atoms with Gasteiger partial charge in [-0.05, 0) is 45.3 Å². The minimum atomic E-state index is -0.469. The van der Waals surface area contributed by atoms with Crippen molar-refractivity contribution in [2.75, 3.05) is 5.73 Å². The molecule has 0 amide bonds. The Balaban J connectivity index is 2.35. The molecule has 1 aliphatic rings. The fraction of sp³-hybridized carbons (Fsp3) is 0.462. The zero-order chi connectivity index (χ0) is 14.4. The summed E-state index contributed by atoms with van der Waals surface area (Å²) < 4.78 is 11.9. The van der Waals surface area contributed by atoms with Crippen LogP contribution in [0.25, 0.3) is 0 Å². The molecule has 0 saturated carbocycles. The first-order valence-electron chi connectivity index (χ1n) is 6.23. The first-order chi connectivity index (χ1) is 8.64. The lowest BCUT2D eigenvalue weighted by atomic mass is 9.78. The lowest BCUT2D eigenvalue weighted by Crippen LogP contribution is -2.41. The third kappa shape index (κ3) is 2.33. The van der Waals surface area contributed by atoms with Gasteiger partial charge in [-0.3, -0.25) is 5.41 Å². The molecule has 1 fully saturated rings. The topological polar surface area (TPSA) is 94.4 Å². The summed E-state index contributed by atoms with van der Waals surface area (Å²) in [6.07, 6.45) is 0. The molecule has 0 aliphatic carbocycles. The van der Waals surface area contributed by atoms with E-state index in [2.05, 4.69) is 0 Å². The van der Waals surface area contributed by atoms with E-state index in [1.807, 2.05) is 33.8 Å². The zero-order valence-electron chi connectivity index (χ0n) is 11.8. The number of anilines is 1. The molecule has 1 heterocycles. The number of amidine groups is 1. The molecule has 1 aromatic rings. The van der Waals surface area contributed by atoms with Crippen molar-refractivity contribution < 1.29 is 9.31 Å². The molecule has 1 aromatic carbocycles. The lowest BCUT2D eigenvalue weighted by Gasteiger charge is -2.32. The number of hydrogen-bond acceptors (Lipinski definition) is 4. The Labute approximate surface area is 113 Å². The summed E-state index contributed by atoms with van der Waals surface area (Å²) >= 11 is 0. The maximum atomic E-state index is 7.52. The molecule has 0 aromatic heterocycles. The molecule has 19 heavy (non-hydrogen) atoms. The van der Waals surface area contributed by atoms with Gasteiger partial charge in [0.1, 0.15) is 5.84 Å². The van der Waals surface area contributed by atoms with Gasteiger partial charge in [-0.1, -0.05) is 6.07 Å². The Morgan fingerprint density at radius 2 is 1.68 bits per heavy atom. The Hall–Kier alpha value is -1.53. The number of benzene rings is 1. The molecular formula is C13H20BN3O2. The monoisotopic (exact) mass is 261 g/mol. The molecule has 0 radical (unpaired) electrons. The summed E-state index contributed by atoms with van der Waals surface area (Å²) in [6, 6.07) is 5.31. The molecular weight excluding hydrogens is 241 g/mol. The van der Waals surface area contributed by atoms with Crippen molar-refractivity contribution >= 4 is 24.1 Å². The Morgan fingerprint density at radius 1 is 1.16 bits per heavy atom. The van der Waals surface area contributed by atoms with E-state index in [-0.39, 0.29) is 5.84 Å². The Kier molecular flexibility index (Phi) is 3.11. The van der Waals surface area contributed by atoms with Gasteiger partial charge in [-0.2, -0.15) is 0 Å². The van der Waals surface area contributed by atoms with Crippen LogP contribution in [0.1, 0.15) is 33.3 Å². The van der Waals surface area contributed by atoms with E-state index in [9.17, 15) is 0 Å². The smallest absolute Gasteiger partial charge is 0.399 e. The van der Waals surface area contributed by atoms with Gasteiger partial charge < -0.3 is 20.8 Å². The van der Waals surface area contributed by atoms with Crippen molar-refractivity contribution in [3.05, 3.63) is 23.8 Å². The van der Waals surface area contributed by atoms with Crippen molar-refractivity contribution in [3.63, 3.8) is 0 Å². The number of nitrogen functional groups attached to an aromatic ring is 2. The maximum Gasteiger partial charge on any atom is 0.494 e. The van der Waals surface area contributed by atoms with Crippen molar-refractivity contribution in [2.24, 2.45) is 5.73 Å². The van der Waals surface area contributed by atoms with Crippen molar-refractivity contribution in [2.45, 2.75) is 38.9 Å². The average Bonchev–Trinajstić information content (AvgIpc) is 2.48. The van der Waals surface area contributed by atoms with E-state index < -0.39 is 18.3 Å². The Bertz CT molecular complexity index is 513. The van der Waals surface area contributed by atoms with Crippen LogP contribution >= 0.6 is 0 Å². The molecule has 1 saturated heterocycles. The van der Waals surface area contributed by atoms with Gasteiger partial charge in [-0.25, -0.2) is 0 Å². The molecule has 0 unspecified atom stereocenters. The van der Waals surface area contributed by atoms with Crippen molar-refractivity contribution in [1.82, 2.24) is 0 Å². The first-order valence-corrected chi connectivity index (χ1v) is 6.23. The average molecular weight is 261 g/mol. The molecule has 5 N–H and O–H groups in total. The van der Waals surface area contributed by atoms with Crippen LogP contribution in [0.4, 0.5) is 5.69 Å². The van der Waals surface area contributed by atoms with Crippen LogP contribution in [0.3, 0.4) is 0 Å². The molecule has 102 valence electrons. The van der Waals surface area contributed by atoms with Crippen LogP contribution in [0.2, 0.25) is 0 Å². The first kappa shape index (κ1) is 13.9. The van der Waals surface area contributed by atoms with Gasteiger partial charge in [0.15, 0.2) is 0 Å². The van der Waals surface area contributed by atoms with E-state index in [0.717, 1.165) is 5.46 Å². The second kappa shape index (κ2) is 4.25. The van der Waals surface area contributed by atoms with E-state index >= 15 is 0 Å². The highest BCUT2D eigenvalue weighted by atomic mass is 16.7. The second-order valence-electron chi connectivity index (χ2n) is 5.85. The molecule has 2 rings (SSSR count). The van der Waals surface area contributed by atoms with E-state index in [0.29, 0.717) is 11.3 Å². The van der Waals surface area contributed by atoms with Gasteiger partial charge in [0, 0.05) is 11.3 Å². The Morgan fingerprint density at radius 3 is 2.16 bits per heavy atom. The summed E-state index contributed by atoms with van der Waals surface area (Å²) in [4.78, 5) is 0. The van der Waals surface area contributed by atoms with Crippen LogP contribution in [-0.2, 0) is 9.31 Å². The highest BCUT2D eigenvalue weighted by Gasteiger charge is 2.51. The van der Waals surface area contributed by atoms with Crippen molar-refractivity contribution in [3.8, 4) is 0 Å². The third-order valence-electron chi connectivity index (χ3n) is 3.89. The fourth-order valence-corrected chi connectivity index (χ4v) is 1.93. The van der Waals surface area contributed by atoms with E-state index in [1.165, 1.54) is 0 Å². The van der Waals surface area contributed by atoms with Crippen molar-refractivity contribution in [1.29, 1.82) is 5.41 Å². The van der Waals surface area contributed by atoms with Crippen LogP contribution in [-0.4, -0.2) is 24.2 Å². The quantitative estimate of drug-likeness (QED) is 0.318. The standard InChI is InChI=1S/C13H20BN3O2/c1-12(2)13(3,4)19-14(18-12)8-5-6-10(15)9(7-8)11(16)17/h5-7H,15H2,1-4H3,(H3,16,17). The van der Waals surface area contributed by atoms with Gasteiger partial charge in [0.2, 0.25) is 0 Å². The number of nitrogens with one attached hydrogen (secondary N) is 1. The number of nitrogens with two attached hydrogens (primary N) is 2. The lowest BCUT2D eigenvalue weighted by molar-refractivity contribution is 0.00578. The predicted octanol–water partition coefficient (Wildman–Crippen LogP) is 0.852. The molecule has 5 nitrogen and oxygen atoms in total. The molecule has 0 bridgehead atoms. The second-order valence-corrected chi connectivity index (χ2v) is 5.85. The molecule has 0 spiro atoms. The minimum Gasteiger partial charge on any atom is -0.399 e. The van der Waals surface area contributed by atoms with Gasteiger partial charge in [0.25, 0.3) is 0 Å².